The first-order valence-electron chi connectivity index (χ1n) is 36.9. The van der Waals surface area contributed by atoms with E-state index >= 15 is 0 Å². The molecule has 0 spiro atoms. The molecule has 2 unspecified atom stereocenters. The van der Waals surface area contributed by atoms with Gasteiger partial charge in [-0.05, 0) is 174 Å². The number of aromatic nitrogens is 4. The Bertz CT molecular complexity index is 4690. The monoisotopic (exact) mass is 1170 g/mol. The van der Waals surface area contributed by atoms with Crippen molar-refractivity contribution in [2.24, 2.45) is 34.1 Å². The average molecular weight is 1170 g/mol. The average Bonchev–Trinajstić information content (AvgIpc) is 0.746. The van der Waals surface area contributed by atoms with E-state index < -0.39 is 38.7 Å². The summed E-state index contributed by atoms with van der Waals surface area (Å²) in [6.07, 6.45) is 6.26. The van der Waals surface area contributed by atoms with E-state index in [4.69, 9.17) is 17.8 Å². The Morgan fingerprint density at radius 1 is 0.398 bits per heavy atom. The van der Waals surface area contributed by atoms with Crippen molar-refractivity contribution in [2.45, 2.75) is 114 Å². The van der Waals surface area contributed by atoms with Crippen LogP contribution in [0.25, 0.3) is 78.4 Å². The SMILES string of the molecule is CCc1ccc(-c2cc(-c3ccccc3)cc[n+]2C)c(C)c1.Cc1cc(C(C)C)ccc1-c1cc(-c2ccccc2)cc[n+]1C.Cc1ccc(-c2cc(-c3ccccc3)cc[n+]2C)c(C)c1.[2H]C([2H])([2H])c1c[n+](C)c(-c2ccc(C([2H])([2H])C([2H])(C)C([2H])([2H])[2H])cc2C)cc1C([2H])(C)C([2H])([2H])[2H]. The van der Waals surface area contributed by atoms with Gasteiger partial charge in [-0.25, -0.2) is 18.3 Å². The number of rotatable bonds is 12. The van der Waals surface area contributed by atoms with Crippen molar-refractivity contribution in [2.75, 3.05) is 0 Å². The molecule has 11 aromatic rings. The number of aryl methyl sites for hydroxylation is 11. The maximum Gasteiger partial charge on any atom is 0.213 e. The lowest BCUT2D eigenvalue weighted by atomic mass is 9.93. The Hall–Kier alpha value is -8.86. The Morgan fingerprint density at radius 3 is 1.20 bits per heavy atom. The van der Waals surface area contributed by atoms with Gasteiger partial charge < -0.3 is 0 Å². The maximum atomic E-state index is 8.52. The fourth-order valence-electron chi connectivity index (χ4n) is 11.1. The van der Waals surface area contributed by atoms with Crippen LogP contribution in [-0.4, -0.2) is 0 Å². The number of pyridine rings is 4. The predicted octanol–water partition coefficient (Wildman–Crippen LogP) is 19.6. The molecule has 0 radical (unpaired) electrons. The third-order valence-corrected chi connectivity index (χ3v) is 16.1. The zero-order chi connectivity index (χ0) is 74.3. The molecule has 7 aromatic carbocycles. The Balaban J connectivity index is 0.000000175. The first-order chi connectivity index (χ1) is 47.3. The highest BCUT2D eigenvalue weighted by atomic mass is 14.9. The molecule has 4 heterocycles. The minimum Gasteiger partial charge on any atom is -0.201 e. The first-order valence-corrected chi connectivity index (χ1v) is 30.4. The van der Waals surface area contributed by atoms with Crippen molar-refractivity contribution in [1.82, 2.24) is 0 Å². The molecule has 0 aliphatic heterocycles. The summed E-state index contributed by atoms with van der Waals surface area (Å²) in [6.45, 7) is 10.8. The van der Waals surface area contributed by atoms with Crippen molar-refractivity contribution in [3.05, 3.63) is 287 Å². The molecule has 0 bridgehead atoms. The molecule has 0 aliphatic carbocycles. The van der Waals surface area contributed by atoms with E-state index in [9.17, 15) is 0 Å². The van der Waals surface area contributed by atoms with Crippen molar-refractivity contribution >= 4 is 0 Å². The zero-order valence-corrected chi connectivity index (χ0v) is 54.0. The second kappa shape index (κ2) is 30.2. The number of hydrogen-bond donors (Lipinski definition) is 0. The van der Waals surface area contributed by atoms with Gasteiger partial charge in [0.05, 0.1) is 0 Å². The van der Waals surface area contributed by atoms with Crippen LogP contribution in [0.5, 0.6) is 0 Å². The molecule has 4 aromatic heterocycles. The highest BCUT2D eigenvalue weighted by molar-refractivity contribution is 5.73. The molecular formula is C84H96N4+4. The van der Waals surface area contributed by atoms with Crippen LogP contribution in [0.15, 0.2) is 231 Å². The van der Waals surface area contributed by atoms with Gasteiger partial charge in [-0.2, -0.15) is 0 Å². The summed E-state index contributed by atoms with van der Waals surface area (Å²) >= 11 is 0. The van der Waals surface area contributed by atoms with Gasteiger partial charge in [0, 0.05) is 88.1 Å². The lowest BCUT2D eigenvalue weighted by Gasteiger charge is -2.13. The lowest BCUT2D eigenvalue weighted by Crippen LogP contribution is -2.32. The smallest absolute Gasteiger partial charge is 0.201 e. The minimum atomic E-state index is -2.89. The molecule has 0 saturated carbocycles. The van der Waals surface area contributed by atoms with E-state index in [1.54, 1.807) is 14.0 Å². The van der Waals surface area contributed by atoms with E-state index in [-0.39, 0.29) is 16.7 Å². The van der Waals surface area contributed by atoms with Crippen molar-refractivity contribution < 1.29 is 36.1 Å². The van der Waals surface area contributed by atoms with Gasteiger partial charge in [-0.1, -0.05) is 193 Å². The van der Waals surface area contributed by atoms with Gasteiger partial charge >= 0.3 is 0 Å². The molecule has 0 fully saturated rings. The fourth-order valence-corrected chi connectivity index (χ4v) is 11.1. The molecular weight excluding hydrogens is 1060 g/mol. The van der Waals surface area contributed by atoms with Crippen molar-refractivity contribution in [3.8, 4) is 78.4 Å². The Labute approximate surface area is 547 Å². The number of benzene rings is 7. The lowest BCUT2D eigenvalue weighted by molar-refractivity contribution is -0.660. The fraction of sp³-hybridized carbons (Fsp3) is 0.262. The van der Waals surface area contributed by atoms with Crippen LogP contribution in [0.2, 0.25) is 0 Å². The van der Waals surface area contributed by atoms with E-state index in [1.807, 2.05) is 0 Å². The van der Waals surface area contributed by atoms with Gasteiger partial charge in [0.25, 0.3) is 0 Å². The summed E-state index contributed by atoms with van der Waals surface area (Å²) < 4.78 is 111. The summed E-state index contributed by atoms with van der Waals surface area (Å²) in [7, 11) is 7.90. The summed E-state index contributed by atoms with van der Waals surface area (Å²) in [5, 5.41) is 0. The van der Waals surface area contributed by atoms with Crippen LogP contribution < -0.4 is 18.3 Å². The largest absolute Gasteiger partial charge is 0.213 e. The number of nitrogens with zero attached hydrogens (tertiary/aromatic N) is 4. The van der Waals surface area contributed by atoms with Crippen LogP contribution in [0.1, 0.15) is 134 Å². The second-order valence-corrected chi connectivity index (χ2v) is 23.4. The second-order valence-electron chi connectivity index (χ2n) is 23.4. The normalized spacial score (nSPS) is 15.1. The van der Waals surface area contributed by atoms with Crippen molar-refractivity contribution in [3.63, 3.8) is 0 Å². The third-order valence-electron chi connectivity index (χ3n) is 16.1. The molecule has 4 nitrogen and oxygen atoms in total. The minimum absolute atomic E-state index is 0.0119. The van der Waals surface area contributed by atoms with E-state index in [0.717, 1.165) is 20.3 Å². The molecule has 448 valence electrons. The molecule has 0 amide bonds. The van der Waals surface area contributed by atoms with E-state index in [2.05, 4.69) is 284 Å². The molecule has 0 saturated heterocycles. The molecule has 11 rings (SSSR count). The Kier molecular flexibility index (Phi) is 16.9. The maximum absolute atomic E-state index is 8.52. The van der Waals surface area contributed by atoms with Crippen LogP contribution in [-0.2, 0) is 41.0 Å². The molecule has 4 heteroatoms. The van der Waals surface area contributed by atoms with Crippen LogP contribution >= 0.6 is 0 Å². The standard InChI is InChI=1S/C22H24N.C21H22N.C21H30N.C20H20N/c1-16(2)19-10-11-21(17(3)14-19)22-15-20(12-13-23(22)4)18-8-6-5-7-9-18;1-4-17-10-11-20(16(2)14-17)21-15-19(12-13-22(21)3)18-8-6-5-7-9-18;1-14(2)10-18-8-9-19(16(5)11-18)21-12-20(15(3)4)17(6)13-22(21)7;1-15-9-10-19(16(2)13-15)20-14-18(11-12-21(20)3)17-7-5-4-6-8-17/h5-16H,1-4H3;5-15H,4H2,1-3H3;8-9,11-15H,10H2,1-7H3;4-14H,1-3H3/q4*+1/i;;1D3,3D3,6D3,10D2,14D,15D;. The molecule has 2 atom stereocenters. The molecule has 88 heavy (non-hydrogen) atoms. The molecule has 0 N–H and O–H groups in total. The van der Waals surface area contributed by atoms with Gasteiger partial charge in [0.15, 0.2) is 24.8 Å². The van der Waals surface area contributed by atoms with E-state index in [0.29, 0.717) is 22.7 Å². The highest BCUT2D eigenvalue weighted by Crippen LogP contribution is 2.32. The Morgan fingerprint density at radius 2 is 0.807 bits per heavy atom. The zero-order valence-electron chi connectivity index (χ0n) is 67.0. The van der Waals surface area contributed by atoms with Gasteiger partial charge in [0.1, 0.15) is 28.2 Å². The number of hydrogen-bond acceptors (Lipinski definition) is 0. The summed E-state index contributed by atoms with van der Waals surface area (Å²) in [4.78, 5) is 0. The topological polar surface area (TPSA) is 15.5 Å². The van der Waals surface area contributed by atoms with Crippen molar-refractivity contribution in [1.29, 1.82) is 0 Å². The van der Waals surface area contributed by atoms with E-state index in [1.165, 1.54) is 136 Å². The van der Waals surface area contributed by atoms with Gasteiger partial charge in [-0.3, -0.25) is 0 Å². The third kappa shape index (κ3) is 16.6. The van der Waals surface area contributed by atoms with Crippen LogP contribution in [0.4, 0.5) is 0 Å². The first kappa shape index (κ1) is 49.2. The summed E-state index contributed by atoms with van der Waals surface area (Å²) in [6, 6.07) is 70.9. The van der Waals surface area contributed by atoms with Gasteiger partial charge in [-0.15, -0.1) is 0 Å². The van der Waals surface area contributed by atoms with Crippen LogP contribution in [0, 0.1) is 47.4 Å². The molecule has 0 aliphatic rings. The quantitative estimate of drug-likeness (QED) is 0.108. The summed E-state index contributed by atoms with van der Waals surface area (Å²) in [5.74, 6) is -4.09. The highest BCUT2D eigenvalue weighted by Gasteiger charge is 2.20. The summed E-state index contributed by atoms with van der Waals surface area (Å²) in [5.41, 5.74) is 24.2. The van der Waals surface area contributed by atoms with Gasteiger partial charge in [0.2, 0.25) is 22.8 Å². The predicted molar refractivity (Wildman–Crippen MR) is 373 cm³/mol. The van der Waals surface area contributed by atoms with Crippen LogP contribution in [0.3, 0.4) is 0 Å².